The lowest BCUT2D eigenvalue weighted by Crippen LogP contribution is -2.09. The van der Waals surface area contributed by atoms with Crippen molar-refractivity contribution in [1.82, 2.24) is 0 Å². The molecule has 2 heteroatoms. The van der Waals surface area contributed by atoms with Gasteiger partial charge in [0.05, 0.1) is 0 Å². The van der Waals surface area contributed by atoms with E-state index in [-0.39, 0.29) is 0 Å². The molecule has 0 aromatic heterocycles. The van der Waals surface area contributed by atoms with Crippen LogP contribution >= 0.6 is 0 Å². The molecule has 0 aliphatic carbocycles. The Balaban J connectivity index is 1.66. The Morgan fingerprint density at radius 3 is 1.75 bits per heavy atom. The third kappa shape index (κ3) is 4.07. The fourth-order valence-electron chi connectivity index (χ4n) is 3.30. The van der Waals surface area contributed by atoms with Gasteiger partial charge in [-0.05, 0) is 80.1 Å². The number of nitrogens with one attached hydrogen (secondary N) is 1. The quantitative estimate of drug-likeness (QED) is 0.394. The van der Waals surface area contributed by atoms with Crippen LogP contribution in [0.25, 0.3) is 0 Å². The van der Waals surface area contributed by atoms with Crippen molar-refractivity contribution in [2.45, 2.75) is 13.8 Å². The Kier molecular flexibility index (Phi) is 5.11. The lowest BCUT2D eigenvalue weighted by Gasteiger charge is -2.25. The summed E-state index contributed by atoms with van der Waals surface area (Å²) in [6.45, 7) is 4.22. The molecule has 0 fully saturated rings. The summed E-state index contributed by atoms with van der Waals surface area (Å²) in [4.78, 5) is 2.27. The van der Waals surface area contributed by atoms with Crippen molar-refractivity contribution < 1.29 is 0 Å². The molecule has 2 nitrogen and oxygen atoms in total. The van der Waals surface area contributed by atoms with Crippen LogP contribution in [-0.2, 0) is 0 Å². The molecule has 0 bridgehead atoms. The monoisotopic (exact) mass is 364 g/mol. The Morgan fingerprint density at radius 1 is 0.500 bits per heavy atom. The highest BCUT2D eigenvalue weighted by molar-refractivity contribution is 5.77. The molecule has 0 heterocycles. The van der Waals surface area contributed by atoms with Gasteiger partial charge in [0.25, 0.3) is 0 Å². The fourth-order valence-corrected chi connectivity index (χ4v) is 3.30. The Morgan fingerprint density at radius 2 is 1.11 bits per heavy atom. The highest BCUT2D eigenvalue weighted by Gasteiger charge is 2.11. The number of hydrogen-bond donors (Lipinski definition) is 1. The predicted molar refractivity (Wildman–Crippen MR) is 120 cm³/mol. The van der Waals surface area contributed by atoms with Crippen LogP contribution in [0.3, 0.4) is 0 Å². The molecule has 4 rings (SSSR count). The van der Waals surface area contributed by atoms with Gasteiger partial charge in [-0.25, -0.2) is 0 Å². The highest BCUT2D eigenvalue weighted by Crippen LogP contribution is 2.35. The van der Waals surface area contributed by atoms with Crippen LogP contribution in [0.4, 0.5) is 28.4 Å². The number of hydrogen-bond acceptors (Lipinski definition) is 2. The van der Waals surface area contributed by atoms with Gasteiger partial charge in [-0.3, -0.25) is 0 Å². The van der Waals surface area contributed by atoms with Crippen LogP contribution in [0, 0.1) is 13.8 Å². The molecule has 0 saturated heterocycles. The van der Waals surface area contributed by atoms with Gasteiger partial charge in [-0.2, -0.15) is 0 Å². The number of rotatable bonds is 5. The molecule has 0 atom stereocenters. The minimum atomic E-state index is 1.08. The van der Waals surface area contributed by atoms with Crippen molar-refractivity contribution in [2.75, 3.05) is 10.2 Å². The second-order valence-corrected chi connectivity index (χ2v) is 7.05. The minimum absolute atomic E-state index is 1.08. The van der Waals surface area contributed by atoms with E-state index in [1.54, 1.807) is 0 Å². The molecule has 0 unspecified atom stereocenters. The van der Waals surface area contributed by atoms with Gasteiger partial charge < -0.3 is 10.2 Å². The first-order chi connectivity index (χ1) is 13.7. The van der Waals surface area contributed by atoms with E-state index in [1.165, 1.54) is 11.1 Å². The fraction of sp³-hybridized carbons (Fsp3) is 0.0769. The molecule has 0 aliphatic heterocycles. The maximum atomic E-state index is 3.48. The van der Waals surface area contributed by atoms with Crippen molar-refractivity contribution in [3.63, 3.8) is 0 Å². The molecule has 0 saturated carbocycles. The van der Waals surface area contributed by atoms with Gasteiger partial charge in [-0.1, -0.05) is 48.0 Å². The summed E-state index contributed by atoms with van der Waals surface area (Å²) in [7, 11) is 0. The minimum Gasteiger partial charge on any atom is -0.356 e. The number of para-hydroxylation sites is 1. The van der Waals surface area contributed by atoms with Crippen molar-refractivity contribution in [3.05, 3.63) is 114 Å². The van der Waals surface area contributed by atoms with Gasteiger partial charge in [0.2, 0.25) is 0 Å². The number of aryl methyl sites for hydroxylation is 2. The zero-order valence-corrected chi connectivity index (χ0v) is 16.3. The predicted octanol–water partition coefficient (Wildman–Crippen LogP) is 7.52. The van der Waals surface area contributed by atoms with E-state index >= 15 is 0 Å². The van der Waals surface area contributed by atoms with Gasteiger partial charge in [0.1, 0.15) is 0 Å². The van der Waals surface area contributed by atoms with E-state index in [4.69, 9.17) is 0 Å². The van der Waals surface area contributed by atoms with Crippen LogP contribution in [0.15, 0.2) is 103 Å². The summed E-state index contributed by atoms with van der Waals surface area (Å²) < 4.78 is 0. The van der Waals surface area contributed by atoms with E-state index in [0.29, 0.717) is 0 Å². The third-order valence-electron chi connectivity index (χ3n) is 4.74. The molecule has 0 aliphatic rings. The molecular formula is C26H24N2. The zero-order chi connectivity index (χ0) is 19.3. The smallest absolute Gasteiger partial charge is 0.0463 e. The SMILES string of the molecule is Cc1ccc(N(c2ccccc2)c2ccc(Nc3cccc(C)c3)cc2)cc1. The molecule has 1 N–H and O–H groups in total. The van der Waals surface area contributed by atoms with E-state index in [2.05, 4.69) is 121 Å². The van der Waals surface area contributed by atoms with Gasteiger partial charge in [0, 0.05) is 28.4 Å². The maximum absolute atomic E-state index is 3.48. The molecule has 28 heavy (non-hydrogen) atoms. The molecule has 0 spiro atoms. The summed E-state index contributed by atoms with van der Waals surface area (Å²) in [6, 6.07) is 36.1. The van der Waals surface area contributed by atoms with Crippen LogP contribution in [0.5, 0.6) is 0 Å². The van der Waals surface area contributed by atoms with Crippen molar-refractivity contribution >= 4 is 28.4 Å². The molecule has 0 amide bonds. The summed E-state index contributed by atoms with van der Waals surface area (Å²) in [6.07, 6.45) is 0. The average molecular weight is 364 g/mol. The normalized spacial score (nSPS) is 10.5. The summed E-state index contributed by atoms with van der Waals surface area (Å²) in [5.74, 6) is 0. The summed E-state index contributed by atoms with van der Waals surface area (Å²) in [5, 5.41) is 3.48. The van der Waals surface area contributed by atoms with Crippen molar-refractivity contribution in [2.24, 2.45) is 0 Å². The Bertz CT molecular complexity index is 1040. The zero-order valence-electron chi connectivity index (χ0n) is 16.3. The first kappa shape index (κ1) is 17.9. The Labute approximate surface area is 167 Å². The van der Waals surface area contributed by atoms with Gasteiger partial charge in [-0.15, -0.1) is 0 Å². The Hall–Kier alpha value is -3.52. The molecule has 138 valence electrons. The molecule has 0 radical (unpaired) electrons. The lowest BCUT2D eigenvalue weighted by molar-refractivity contribution is 1.27. The lowest BCUT2D eigenvalue weighted by atomic mass is 10.1. The number of benzene rings is 4. The van der Waals surface area contributed by atoms with E-state index in [0.717, 1.165) is 28.4 Å². The highest BCUT2D eigenvalue weighted by atomic mass is 15.1. The van der Waals surface area contributed by atoms with E-state index in [9.17, 15) is 0 Å². The molecule has 4 aromatic rings. The maximum Gasteiger partial charge on any atom is 0.0463 e. The van der Waals surface area contributed by atoms with E-state index < -0.39 is 0 Å². The second kappa shape index (κ2) is 8.01. The van der Waals surface area contributed by atoms with Crippen LogP contribution in [0.1, 0.15) is 11.1 Å². The van der Waals surface area contributed by atoms with Gasteiger partial charge in [0.15, 0.2) is 0 Å². The second-order valence-electron chi connectivity index (χ2n) is 7.05. The van der Waals surface area contributed by atoms with Crippen LogP contribution in [0.2, 0.25) is 0 Å². The molecular weight excluding hydrogens is 340 g/mol. The van der Waals surface area contributed by atoms with Crippen LogP contribution in [-0.4, -0.2) is 0 Å². The largest absolute Gasteiger partial charge is 0.356 e. The van der Waals surface area contributed by atoms with Crippen molar-refractivity contribution in [1.29, 1.82) is 0 Å². The first-order valence-corrected chi connectivity index (χ1v) is 9.55. The summed E-state index contributed by atoms with van der Waals surface area (Å²) in [5.41, 5.74) is 8.11. The summed E-state index contributed by atoms with van der Waals surface area (Å²) >= 11 is 0. The van der Waals surface area contributed by atoms with Gasteiger partial charge >= 0.3 is 0 Å². The standard InChI is InChI=1S/C26H24N2/c1-20-11-15-25(16-12-20)28(24-9-4-3-5-10-24)26-17-13-22(14-18-26)27-23-8-6-7-21(2)19-23/h3-19,27H,1-2H3. The van der Waals surface area contributed by atoms with Crippen molar-refractivity contribution in [3.8, 4) is 0 Å². The van der Waals surface area contributed by atoms with Crippen LogP contribution < -0.4 is 10.2 Å². The number of anilines is 5. The third-order valence-corrected chi connectivity index (χ3v) is 4.74. The topological polar surface area (TPSA) is 15.3 Å². The first-order valence-electron chi connectivity index (χ1n) is 9.55. The molecule has 4 aromatic carbocycles. The average Bonchev–Trinajstić information content (AvgIpc) is 2.72. The number of nitrogens with zero attached hydrogens (tertiary/aromatic N) is 1. The van der Waals surface area contributed by atoms with E-state index in [1.807, 2.05) is 6.07 Å².